The summed E-state index contributed by atoms with van der Waals surface area (Å²) in [6, 6.07) is 3.11. The predicted octanol–water partition coefficient (Wildman–Crippen LogP) is 0.724. The minimum atomic E-state index is -0.841. The first-order valence-corrected chi connectivity index (χ1v) is 6.65. The van der Waals surface area contributed by atoms with Crippen molar-refractivity contribution >= 4 is 11.6 Å². The zero-order chi connectivity index (χ0) is 15.4. The maximum absolute atomic E-state index is 12.1. The number of nitrogens with zero attached hydrogens (tertiary/aromatic N) is 2. The average molecular weight is 295 g/mol. The lowest BCUT2D eigenvalue weighted by molar-refractivity contribution is -0.385. The van der Waals surface area contributed by atoms with Gasteiger partial charge in [0.2, 0.25) is 0 Å². The molecule has 1 aliphatic rings. The van der Waals surface area contributed by atoms with E-state index in [1.807, 2.05) is 0 Å². The third-order valence-electron chi connectivity index (χ3n) is 3.26. The number of aromatic hydroxyl groups is 1. The van der Waals surface area contributed by atoms with Gasteiger partial charge in [0.25, 0.3) is 5.91 Å². The van der Waals surface area contributed by atoms with Crippen LogP contribution in [0.15, 0.2) is 18.2 Å². The van der Waals surface area contributed by atoms with E-state index in [9.17, 15) is 20.0 Å². The molecule has 1 amide bonds. The highest BCUT2D eigenvalue weighted by Gasteiger charge is 2.25. The molecule has 8 heteroatoms. The number of rotatable bonds is 4. The van der Waals surface area contributed by atoms with Crippen LogP contribution in [0.25, 0.3) is 0 Å². The SMILES string of the molecule is N[C@@H](Cc1ccc(O)c([N+](=O)[O-])c1)C(=O)N1CCCCO1. The Bertz CT molecular complexity index is 543. The number of nitro benzene ring substituents is 1. The molecule has 8 nitrogen and oxygen atoms in total. The van der Waals surface area contributed by atoms with Gasteiger partial charge in [-0.05, 0) is 30.9 Å². The second-order valence-electron chi connectivity index (χ2n) is 4.87. The smallest absolute Gasteiger partial charge is 0.310 e. The van der Waals surface area contributed by atoms with Crippen LogP contribution in [0.4, 0.5) is 5.69 Å². The fraction of sp³-hybridized carbons (Fsp3) is 0.462. The standard InChI is InChI=1S/C13H17N3O5/c14-10(13(18)15-5-1-2-6-21-15)7-9-3-4-12(17)11(8-9)16(19)20/h3-4,8,10,17H,1-2,5-7,14H2/t10-/m0/s1. The number of benzene rings is 1. The largest absolute Gasteiger partial charge is 0.502 e. The number of hydroxylamine groups is 2. The topological polar surface area (TPSA) is 119 Å². The maximum atomic E-state index is 12.1. The molecule has 1 aliphatic heterocycles. The van der Waals surface area contributed by atoms with Crippen LogP contribution >= 0.6 is 0 Å². The van der Waals surface area contributed by atoms with Gasteiger partial charge in [0.15, 0.2) is 5.75 Å². The van der Waals surface area contributed by atoms with Crippen molar-refractivity contribution in [1.82, 2.24) is 5.06 Å². The van der Waals surface area contributed by atoms with E-state index in [4.69, 9.17) is 10.6 Å². The van der Waals surface area contributed by atoms with Crippen molar-refractivity contribution in [1.29, 1.82) is 0 Å². The molecule has 0 saturated carbocycles. The first kappa shape index (κ1) is 15.2. The van der Waals surface area contributed by atoms with Crippen molar-refractivity contribution in [3.63, 3.8) is 0 Å². The highest BCUT2D eigenvalue weighted by molar-refractivity contribution is 5.81. The molecule has 0 spiro atoms. The normalized spacial score (nSPS) is 16.5. The van der Waals surface area contributed by atoms with Crippen LogP contribution in [-0.4, -0.2) is 40.2 Å². The van der Waals surface area contributed by atoms with Gasteiger partial charge in [-0.2, -0.15) is 0 Å². The van der Waals surface area contributed by atoms with Crippen LogP contribution < -0.4 is 5.73 Å². The first-order valence-electron chi connectivity index (χ1n) is 6.65. The average Bonchev–Trinajstić information content (AvgIpc) is 2.49. The van der Waals surface area contributed by atoms with Gasteiger partial charge < -0.3 is 10.8 Å². The molecule has 3 N–H and O–H groups in total. The molecule has 1 heterocycles. The number of phenolic OH excluding ortho intramolecular Hbond substituents is 1. The van der Waals surface area contributed by atoms with Crippen LogP contribution in [0.5, 0.6) is 5.75 Å². The van der Waals surface area contributed by atoms with Gasteiger partial charge in [-0.15, -0.1) is 0 Å². The summed E-state index contributed by atoms with van der Waals surface area (Å²) in [6.45, 7) is 0.991. The summed E-state index contributed by atoms with van der Waals surface area (Å²) in [7, 11) is 0. The summed E-state index contributed by atoms with van der Waals surface area (Å²) in [5.41, 5.74) is 5.95. The van der Waals surface area contributed by atoms with Crippen LogP contribution in [-0.2, 0) is 16.1 Å². The Balaban J connectivity index is 2.05. The van der Waals surface area contributed by atoms with Crippen LogP contribution in [0.1, 0.15) is 18.4 Å². The van der Waals surface area contributed by atoms with E-state index in [-0.39, 0.29) is 12.3 Å². The number of carbonyl (C=O) groups excluding carboxylic acids is 1. The Kier molecular flexibility index (Phi) is 4.71. The molecule has 1 saturated heterocycles. The van der Waals surface area contributed by atoms with Crippen molar-refractivity contribution in [3.8, 4) is 5.75 Å². The lowest BCUT2D eigenvalue weighted by Crippen LogP contribution is -2.46. The molecule has 21 heavy (non-hydrogen) atoms. The lowest BCUT2D eigenvalue weighted by atomic mass is 10.0. The number of hydrogen-bond acceptors (Lipinski definition) is 6. The Morgan fingerprint density at radius 2 is 2.29 bits per heavy atom. The molecule has 0 aromatic heterocycles. The van der Waals surface area contributed by atoms with Crippen molar-refractivity contribution < 1.29 is 19.7 Å². The van der Waals surface area contributed by atoms with Gasteiger partial charge in [0, 0.05) is 12.6 Å². The molecule has 1 atom stereocenters. The fourth-order valence-electron chi connectivity index (χ4n) is 2.14. The van der Waals surface area contributed by atoms with Crippen LogP contribution in [0.2, 0.25) is 0 Å². The fourth-order valence-corrected chi connectivity index (χ4v) is 2.14. The summed E-state index contributed by atoms with van der Waals surface area (Å²) >= 11 is 0. The molecule has 114 valence electrons. The molecule has 1 aromatic rings. The number of carbonyl (C=O) groups is 1. The summed E-state index contributed by atoms with van der Waals surface area (Å²) in [4.78, 5) is 27.4. The third-order valence-corrected chi connectivity index (χ3v) is 3.26. The Labute approximate surface area is 121 Å². The third kappa shape index (κ3) is 3.67. The molecular formula is C13H17N3O5. The summed E-state index contributed by atoms with van der Waals surface area (Å²) in [5.74, 6) is -0.756. The van der Waals surface area contributed by atoms with Crippen molar-refractivity contribution in [2.24, 2.45) is 5.73 Å². The van der Waals surface area contributed by atoms with Gasteiger partial charge in [-0.3, -0.25) is 19.7 Å². The van der Waals surface area contributed by atoms with Crippen molar-refractivity contribution in [3.05, 3.63) is 33.9 Å². The van der Waals surface area contributed by atoms with Crippen LogP contribution in [0.3, 0.4) is 0 Å². The minimum Gasteiger partial charge on any atom is -0.502 e. The van der Waals surface area contributed by atoms with Crippen molar-refractivity contribution in [2.75, 3.05) is 13.2 Å². The summed E-state index contributed by atoms with van der Waals surface area (Å²) in [5, 5.41) is 21.4. The Morgan fingerprint density at radius 3 is 2.90 bits per heavy atom. The molecule has 2 rings (SSSR count). The zero-order valence-electron chi connectivity index (χ0n) is 11.4. The van der Waals surface area contributed by atoms with Gasteiger partial charge in [-0.1, -0.05) is 6.07 Å². The van der Waals surface area contributed by atoms with E-state index in [1.54, 1.807) is 0 Å². The molecule has 1 aromatic carbocycles. The predicted molar refractivity (Wildman–Crippen MR) is 73.3 cm³/mol. The summed E-state index contributed by atoms with van der Waals surface area (Å²) < 4.78 is 0. The second-order valence-corrected chi connectivity index (χ2v) is 4.87. The highest BCUT2D eigenvalue weighted by Crippen LogP contribution is 2.26. The van der Waals surface area contributed by atoms with E-state index >= 15 is 0 Å². The molecule has 0 unspecified atom stereocenters. The number of amides is 1. The van der Waals surface area contributed by atoms with Gasteiger partial charge in [0.1, 0.15) is 0 Å². The molecular weight excluding hydrogens is 278 g/mol. The zero-order valence-corrected chi connectivity index (χ0v) is 11.4. The van der Waals surface area contributed by atoms with E-state index in [1.165, 1.54) is 23.3 Å². The number of phenols is 1. The maximum Gasteiger partial charge on any atom is 0.310 e. The molecule has 0 bridgehead atoms. The van der Waals surface area contributed by atoms with E-state index < -0.39 is 22.4 Å². The van der Waals surface area contributed by atoms with E-state index in [2.05, 4.69) is 0 Å². The number of nitro groups is 1. The monoisotopic (exact) mass is 295 g/mol. The van der Waals surface area contributed by atoms with Crippen LogP contribution in [0, 0.1) is 10.1 Å². The van der Waals surface area contributed by atoms with Crippen molar-refractivity contribution in [2.45, 2.75) is 25.3 Å². The van der Waals surface area contributed by atoms with E-state index in [0.717, 1.165) is 12.8 Å². The van der Waals surface area contributed by atoms with Gasteiger partial charge in [-0.25, -0.2) is 5.06 Å². The van der Waals surface area contributed by atoms with E-state index in [0.29, 0.717) is 18.7 Å². The lowest BCUT2D eigenvalue weighted by Gasteiger charge is -2.28. The van der Waals surface area contributed by atoms with Gasteiger partial charge in [0.05, 0.1) is 17.6 Å². The number of hydrogen-bond donors (Lipinski definition) is 2. The summed E-state index contributed by atoms with van der Waals surface area (Å²) in [6.07, 6.45) is 1.91. The molecule has 0 radical (unpaired) electrons. The number of nitrogens with two attached hydrogens (primary N) is 1. The molecule has 1 fully saturated rings. The minimum absolute atomic E-state index is 0.139. The Hall–Kier alpha value is -2.19. The highest BCUT2D eigenvalue weighted by atomic mass is 16.7. The molecule has 0 aliphatic carbocycles. The Morgan fingerprint density at radius 1 is 1.52 bits per heavy atom. The quantitative estimate of drug-likeness (QED) is 0.624. The second kappa shape index (κ2) is 6.51. The first-order chi connectivity index (χ1) is 9.99. The van der Waals surface area contributed by atoms with Gasteiger partial charge >= 0.3 is 5.69 Å².